The summed E-state index contributed by atoms with van der Waals surface area (Å²) in [6.07, 6.45) is 3.95. The maximum atomic E-state index is 13.6. The standard InChI is InChI=1S/C33H43N5O6/c1-33(2,3)44-32(42)36-27(24-12-8-5-9-13-24)30(40)38-19-18-26(38)29(39)35-20-22-14-16-25(17-15-22)28(34)37-31(41)43-21-23-10-6-4-7-11-23/h4,6-7,10-11,14-17,24,26-27H,5,8-9,12-13,18-21H2,1-3H3,(H,35,39)(H,36,42)(H2,34,37,41)/t26-,27+/m0/s1. The van der Waals surface area contributed by atoms with Crippen LogP contribution in [0.4, 0.5) is 9.59 Å². The highest BCUT2D eigenvalue weighted by molar-refractivity contribution is 6.02. The van der Waals surface area contributed by atoms with Crippen LogP contribution < -0.4 is 16.4 Å². The first kappa shape index (κ1) is 32.5. The Morgan fingerprint density at radius 1 is 0.955 bits per heavy atom. The highest BCUT2D eigenvalue weighted by atomic mass is 16.6. The van der Waals surface area contributed by atoms with E-state index in [9.17, 15) is 19.2 Å². The second-order valence-corrected chi connectivity index (χ2v) is 12.3. The van der Waals surface area contributed by atoms with E-state index in [4.69, 9.17) is 15.2 Å². The average molecular weight is 606 g/mol. The molecule has 1 heterocycles. The minimum atomic E-state index is -0.783. The van der Waals surface area contributed by atoms with E-state index in [1.165, 1.54) is 0 Å². The number of rotatable bonds is 9. The molecule has 0 spiro atoms. The zero-order valence-electron chi connectivity index (χ0n) is 25.7. The number of aliphatic imine (C=N–C) groups is 1. The Morgan fingerprint density at radius 3 is 2.25 bits per heavy atom. The largest absolute Gasteiger partial charge is 0.444 e. The first-order valence-corrected chi connectivity index (χ1v) is 15.2. The Morgan fingerprint density at radius 2 is 1.64 bits per heavy atom. The number of carbonyl (C=O) groups is 4. The van der Waals surface area contributed by atoms with Crippen molar-refractivity contribution in [2.24, 2.45) is 16.6 Å². The van der Waals surface area contributed by atoms with E-state index >= 15 is 0 Å². The SMILES string of the molecule is CC(C)(C)OC(=O)N[C@@H](C(=O)N1CC[C@H]1C(=O)NCc1ccc(/C(N)=N/C(=O)OCc2ccccc2)cc1)C1CCCCC1. The molecule has 4 rings (SSSR count). The number of nitrogens with one attached hydrogen (secondary N) is 2. The number of amides is 4. The van der Waals surface area contributed by atoms with Crippen LogP contribution >= 0.6 is 0 Å². The third-order valence-electron chi connectivity index (χ3n) is 7.80. The van der Waals surface area contributed by atoms with Gasteiger partial charge in [0.25, 0.3) is 0 Å². The van der Waals surface area contributed by atoms with Crippen LogP contribution in [0.3, 0.4) is 0 Å². The second-order valence-electron chi connectivity index (χ2n) is 12.3. The van der Waals surface area contributed by atoms with Gasteiger partial charge in [-0.2, -0.15) is 4.99 Å². The third-order valence-corrected chi connectivity index (χ3v) is 7.80. The lowest BCUT2D eigenvalue weighted by Gasteiger charge is -2.43. The van der Waals surface area contributed by atoms with Gasteiger partial charge in [-0.15, -0.1) is 0 Å². The first-order valence-electron chi connectivity index (χ1n) is 15.2. The molecule has 44 heavy (non-hydrogen) atoms. The predicted octanol–water partition coefficient (Wildman–Crippen LogP) is 4.42. The lowest BCUT2D eigenvalue weighted by molar-refractivity contribution is -0.150. The highest BCUT2D eigenvalue weighted by Gasteiger charge is 2.43. The summed E-state index contributed by atoms with van der Waals surface area (Å²) < 4.78 is 10.6. The lowest BCUT2D eigenvalue weighted by atomic mass is 9.82. The summed E-state index contributed by atoms with van der Waals surface area (Å²) >= 11 is 0. The molecule has 2 aromatic rings. The molecule has 0 bridgehead atoms. The van der Waals surface area contributed by atoms with Crippen molar-refractivity contribution in [3.05, 3.63) is 71.3 Å². The van der Waals surface area contributed by atoms with E-state index in [-0.39, 0.29) is 36.7 Å². The molecule has 4 N–H and O–H groups in total. The van der Waals surface area contributed by atoms with Crippen LogP contribution in [-0.4, -0.2) is 59.0 Å². The molecule has 1 aliphatic heterocycles. The van der Waals surface area contributed by atoms with Gasteiger partial charge in [0, 0.05) is 18.7 Å². The van der Waals surface area contributed by atoms with E-state index in [2.05, 4.69) is 15.6 Å². The zero-order chi connectivity index (χ0) is 31.7. The summed E-state index contributed by atoms with van der Waals surface area (Å²) in [5.41, 5.74) is 7.50. The molecule has 1 saturated carbocycles. The number of hydrogen-bond donors (Lipinski definition) is 3. The van der Waals surface area contributed by atoms with Crippen LogP contribution in [0.5, 0.6) is 0 Å². The molecule has 2 aliphatic rings. The summed E-state index contributed by atoms with van der Waals surface area (Å²) in [6, 6.07) is 14.9. The maximum absolute atomic E-state index is 13.6. The number of hydrogen-bond acceptors (Lipinski definition) is 6. The minimum absolute atomic E-state index is 0.00767. The van der Waals surface area contributed by atoms with Crippen LogP contribution in [-0.2, 0) is 32.2 Å². The number of likely N-dealkylation sites (tertiary alicyclic amines) is 1. The number of carbonyl (C=O) groups excluding carboxylic acids is 4. The topological polar surface area (TPSA) is 152 Å². The van der Waals surface area contributed by atoms with E-state index in [0.29, 0.717) is 18.5 Å². The van der Waals surface area contributed by atoms with E-state index in [0.717, 1.165) is 43.2 Å². The molecule has 2 aromatic carbocycles. The quantitative estimate of drug-likeness (QED) is 0.283. The Hall–Kier alpha value is -4.41. The lowest BCUT2D eigenvalue weighted by Crippen LogP contribution is -2.63. The van der Waals surface area contributed by atoms with E-state index in [1.807, 2.05) is 30.3 Å². The molecule has 11 nitrogen and oxygen atoms in total. The maximum Gasteiger partial charge on any atom is 0.435 e. The van der Waals surface area contributed by atoms with Gasteiger partial charge in [-0.1, -0.05) is 73.9 Å². The summed E-state index contributed by atoms with van der Waals surface area (Å²) in [6.45, 7) is 6.13. The molecule has 236 valence electrons. The van der Waals surface area contributed by atoms with Gasteiger partial charge in [0.05, 0.1) is 0 Å². The van der Waals surface area contributed by atoms with Crippen LogP contribution in [0.1, 0.15) is 76.0 Å². The number of benzene rings is 2. The first-order chi connectivity index (χ1) is 21.0. The van der Waals surface area contributed by atoms with Gasteiger partial charge in [0.2, 0.25) is 11.8 Å². The van der Waals surface area contributed by atoms with Gasteiger partial charge < -0.3 is 30.7 Å². The number of nitrogens with zero attached hydrogens (tertiary/aromatic N) is 2. The number of amidine groups is 1. The predicted molar refractivity (Wildman–Crippen MR) is 165 cm³/mol. The molecular weight excluding hydrogens is 562 g/mol. The zero-order valence-corrected chi connectivity index (χ0v) is 25.7. The fraction of sp³-hybridized carbons (Fsp3) is 0.485. The molecule has 11 heteroatoms. The van der Waals surface area contributed by atoms with Crippen LogP contribution in [0, 0.1) is 5.92 Å². The summed E-state index contributed by atoms with van der Waals surface area (Å²) in [5, 5.41) is 5.73. The van der Waals surface area contributed by atoms with Crippen molar-refractivity contribution in [1.29, 1.82) is 0 Å². The number of alkyl carbamates (subject to hydrolysis) is 1. The summed E-state index contributed by atoms with van der Waals surface area (Å²) in [5.74, 6) is -0.464. The van der Waals surface area contributed by atoms with Crippen molar-refractivity contribution >= 4 is 29.8 Å². The van der Waals surface area contributed by atoms with Crippen LogP contribution in [0.25, 0.3) is 0 Å². The van der Waals surface area contributed by atoms with Gasteiger partial charge in [0.1, 0.15) is 30.1 Å². The van der Waals surface area contributed by atoms with Crippen molar-refractivity contribution < 1.29 is 28.7 Å². The van der Waals surface area contributed by atoms with Crippen molar-refractivity contribution in [1.82, 2.24) is 15.5 Å². The molecule has 0 radical (unpaired) electrons. The summed E-state index contributed by atoms with van der Waals surface area (Å²) in [7, 11) is 0. The average Bonchev–Trinajstić information content (AvgIpc) is 2.97. The van der Waals surface area contributed by atoms with Crippen molar-refractivity contribution in [2.75, 3.05) is 6.54 Å². The third kappa shape index (κ3) is 9.29. The molecular formula is C33H43N5O6. The van der Waals surface area contributed by atoms with Crippen LogP contribution in [0.2, 0.25) is 0 Å². The van der Waals surface area contributed by atoms with Crippen LogP contribution in [0.15, 0.2) is 59.6 Å². The van der Waals surface area contributed by atoms with Crippen molar-refractivity contribution in [2.45, 2.75) is 90.1 Å². The second kappa shape index (κ2) is 14.9. The molecule has 2 fully saturated rings. The van der Waals surface area contributed by atoms with Crippen molar-refractivity contribution in [3.8, 4) is 0 Å². The Kier molecular flexibility index (Phi) is 11.0. The molecule has 4 amide bonds. The monoisotopic (exact) mass is 605 g/mol. The smallest absolute Gasteiger partial charge is 0.435 e. The minimum Gasteiger partial charge on any atom is -0.444 e. The van der Waals surface area contributed by atoms with Gasteiger partial charge in [-0.3, -0.25) is 9.59 Å². The fourth-order valence-electron chi connectivity index (χ4n) is 5.40. The summed E-state index contributed by atoms with van der Waals surface area (Å²) in [4.78, 5) is 56.7. The van der Waals surface area contributed by atoms with E-state index in [1.54, 1.807) is 49.9 Å². The number of ether oxygens (including phenoxy) is 2. The molecule has 0 unspecified atom stereocenters. The van der Waals surface area contributed by atoms with Gasteiger partial charge in [-0.05, 0) is 57.1 Å². The normalized spacial score (nSPS) is 18.0. The Labute approximate surface area is 258 Å². The molecule has 0 aromatic heterocycles. The van der Waals surface area contributed by atoms with Crippen molar-refractivity contribution in [3.63, 3.8) is 0 Å². The van der Waals surface area contributed by atoms with Gasteiger partial charge >= 0.3 is 12.2 Å². The van der Waals surface area contributed by atoms with Gasteiger partial charge in [0.15, 0.2) is 0 Å². The van der Waals surface area contributed by atoms with E-state index < -0.39 is 29.9 Å². The highest BCUT2D eigenvalue weighted by Crippen LogP contribution is 2.30. The fourth-order valence-corrected chi connectivity index (χ4v) is 5.40. The molecule has 1 aliphatic carbocycles. The Bertz CT molecular complexity index is 1330. The molecule has 2 atom stereocenters. The molecule has 1 saturated heterocycles. The Balaban J connectivity index is 1.29. The number of nitrogens with two attached hydrogens (primary N) is 1. The van der Waals surface area contributed by atoms with Gasteiger partial charge in [-0.25, -0.2) is 9.59 Å².